The maximum absolute atomic E-state index is 8.88. The van der Waals surface area contributed by atoms with Crippen LogP contribution in [0.25, 0.3) is 0 Å². The molecule has 4 nitrogen and oxygen atoms in total. The van der Waals surface area contributed by atoms with Crippen LogP contribution in [0.2, 0.25) is 0 Å². The third-order valence-electron chi connectivity index (χ3n) is 0. The Morgan fingerprint density at radius 1 is 1.12 bits per heavy atom. The molecule has 0 radical (unpaired) electrons. The van der Waals surface area contributed by atoms with Crippen LogP contribution in [-0.4, -0.2) is 63.6 Å². The Labute approximate surface area is 125 Å². The van der Waals surface area contributed by atoms with Crippen molar-refractivity contribution in [3.8, 4) is 0 Å². The van der Waals surface area contributed by atoms with Gasteiger partial charge in [-0.2, -0.15) is 0 Å². The molecule has 44 valence electrons. The van der Waals surface area contributed by atoms with Crippen molar-refractivity contribution in [1.29, 1.82) is 0 Å². The largest absolute Gasteiger partial charge is 0 e. The van der Waals surface area contributed by atoms with Gasteiger partial charge in [-0.05, 0) is 0 Å². The van der Waals surface area contributed by atoms with Gasteiger partial charge in [-0.1, -0.05) is 0 Å². The first-order chi connectivity index (χ1) is 2.00. The molecule has 0 rings (SSSR count). The van der Waals surface area contributed by atoms with Gasteiger partial charge in [-0.15, -0.1) is 0 Å². The Balaban J connectivity index is -0.0000000267. The predicted molar refractivity (Wildman–Crippen MR) is 22.8 cm³/mol. The van der Waals surface area contributed by atoms with Crippen molar-refractivity contribution in [2.24, 2.45) is 0 Å². The van der Waals surface area contributed by atoms with E-state index in [1.807, 2.05) is 0 Å². The summed E-state index contributed by atoms with van der Waals surface area (Å²) in [5, 5.41) is 0. The average molecular weight is 507 g/mol. The first kappa shape index (κ1) is 22.5. The maximum atomic E-state index is 8.88. The Bertz CT molecular complexity index is 62.2. The van der Waals surface area contributed by atoms with Crippen molar-refractivity contribution >= 4 is 56.7 Å². The molecule has 0 saturated heterocycles. The molecule has 0 aliphatic rings. The summed E-state index contributed by atoms with van der Waals surface area (Å²) < 4.78 is 8.88. The number of phosphoric acid groups is 1. The van der Waals surface area contributed by atoms with Crippen LogP contribution in [0.1, 0.15) is 0 Å². The molecule has 8 heteroatoms. The van der Waals surface area contributed by atoms with Gasteiger partial charge in [0.1, 0.15) is 0 Å². The van der Waals surface area contributed by atoms with Crippen LogP contribution in [-0.2, 0) is 56.6 Å². The third-order valence-corrected chi connectivity index (χ3v) is 0. The summed E-state index contributed by atoms with van der Waals surface area (Å²) in [6.45, 7) is 0. The van der Waals surface area contributed by atoms with E-state index in [2.05, 4.69) is 0 Å². The maximum Gasteiger partial charge on any atom is 0 e. The van der Waals surface area contributed by atoms with Crippen LogP contribution < -0.4 is 0 Å². The van der Waals surface area contributed by atoms with E-state index >= 15 is 0 Å². The summed E-state index contributed by atoms with van der Waals surface area (Å²) in [5.74, 6) is 0. The Kier molecular flexibility index (Phi) is 29.4. The Morgan fingerprint density at radius 3 is 1.12 bits per heavy atom. The summed E-state index contributed by atoms with van der Waals surface area (Å²) in [5.41, 5.74) is 0. The van der Waals surface area contributed by atoms with Crippen LogP contribution in [0.3, 0.4) is 0 Å². The normalized spacial score (nSPS) is 7.38. The van der Waals surface area contributed by atoms with Crippen LogP contribution in [0.4, 0.5) is 0 Å². The second-order valence-corrected chi connectivity index (χ2v) is 1.54. The van der Waals surface area contributed by atoms with Crippen LogP contribution in [0, 0.1) is 0 Å². The van der Waals surface area contributed by atoms with E-state index in [1.165, 1.54) is 0 Å². The monoisotopic (exact) mass is 508 g/mol. The zero-order valence-corrected chi connectivity index (χ0v) is 10.1. The molecule has 0 aromatic rings. The van der Waals surface area contributed by atoms with E-state index in [0.717, 1.165) is 0 Å². The Hall–Kier alpha value is 3.43. The molecule has 0 spiro atoms. The van der Waals surface area contributed by atoms with Gasteiger partial charge in [0.2, 0.25) is 0 Å². The van der Waals surface area contributed by atoms with Crippen LogP contribution in [0.5, 0.6) is 0 Å². The van der Waals surface area contributed by atoms with Crippen molar-refractivity contribution in [3.63, 3.8) is 0 Å². The quantitative estimate of drug-likeness (QED) is 0.266. The summed E-state index contributed by atoms with van der Waals surface area (Å²) in [4.78, 5) is 21.6. The minimum atomic E-state index is -4.64. The second kappa shape index (κ2) is 10.4. The molecule has 0 aliphatic carbocycles. The van der Waals surface area contributed by atoms with E-state index in [-0.39, 0.29) is 101 Å². The topological polar surface area (TPSA) is 77.8 Å². The minimum absolute atomic E-state index is 0. The van der Waals surface area contributed by atoms with Gasteiger partial charge in [0, 0.05) is 52.0 Å². The molecule has 0 saturated carbocycles. The standard InChI is InChI=1S/Ba.Hf.H3O4P.Zr.2H/c;;1-5(2,3)4;;;/h;;(H3,1,2,3,4);;;. The predicted octanol–water partition coefficient (Wildman–Crippen LogP) is -1.85. The van der Waals surface area contributed by atoms with Crippen molar-refractivity contribution in [2.45, 2.75) is 0 Å². The van der Waals surface area contributed by atoms with Crippen LogP contribution in [0.15, 0.2) is 0 Å². The SMILES string of the molecule is O=P(O)(O)O.[BaH2].[Hf].[Zr]. The smallest absolute Gasteiger partial charge is 0 e. The van der Waals surface area contributed by atoms with E-state index in [4.69, 9.17) is 19.2 Å². The van der Waals surface area contributed by atoms with Crippen molar-refractivity contribution in [3.05, 3.63) is 0 Å². The summed E-state index contributed by atoms with van der Waals surface area (Å²) in [6, 6.07) is 0. The number of rotatable bonds is 0. The molecular weight excluding hydrogens is 502 g/mol. The van der Waals surface area contributed by atoms with Crippen LogP contribution >= 0.6 is 7.82 Å². The van der Waals surface area contributed by atoms with Crippen molar-refractivity contribution < 1.29 is 71.3 Å². The van der Waals surface area contributed by atoms with E-state index < -0.39 is 7.82 Å². The summed E-state index contributed by atoms with van der Waals surface area (Å²) in [6.07, 6.45) is 0. The van der Waals surface area contributed by atoms with Gasteiger partial charge in [0.25, 0.3) is 0 Å². The fourth-order valence-electron chi connectivity index (χ4n) is 0. The van der Waals surface area contributed by atoms with Gasteiger partial charge in [-0.25, -0.2) is 4.57 Å². The first-order valence-corrected chi connectivity index (χ1v) is 2.35. The minimum Gasteiger partial charge on any atom is 0 e. The molecule has 0 heterocycles. The number of hydrogen-bond acceptors (Lipinski definition) is 1. The molecule has 0 aromatic carbocycles. The van der Waals surface area contributed by atoms with Crippen molar-refractivity contribution in [1.82, 2.24) is 0 Å². The fraction of sp³-hybridized carbons (Fsp3) is 0. The molecule has 0 aliphatic heterocycles. The van der Waals surface area contributed by atoms with E-state index in [9.17, 15) is 0 Å². The fourth-order valence-corrected chi connectivity index (χ4v) is 0. The van der Waals surface area contributed by atoms with Gasteiger partial charge in [-0.3, -0.25) is 0 Å². The molecule has 0 bridgehead atoms. The van der Waals surface area contributed by atoms with E-state index in [1.54, 1.807) is 0 Å². The molecule has 0 unspecified atom stereocenters. The van der Waals surface area contributed by atoms with Crippen molar-refractivity contribution in [2.75, 3.05) is 0 Å². The molecule has 0 aromatic heterocycles. The summed E-state index contributed by atoms with van der Waals surface area (Å²) >= 11 is 0. The van der Waals surface area contributed by atoms with Gasteiger partial charge in [0.15, 0.2) is 0 Å². The molecule has 8 heavy (non-hydrogen) atoms. The summed E-state index contributed by atoms with van der Waals surface area (Å²) in [7, 11) is -4.64. The Morgan fingerprint density at radius 2 is 1.12 bits per heavy atom. The molecule has 3 N–H and O–H groups in total. The molecule has 0 fully saturated rings. The molecular formula is H5BaHfO4PZr. The molecule has 0 amide bonds. The van der Waals surface area contributed by atoms with Gasteiger partial charge < -0.3 is 14.7 Å². The number of hydrogen-bond donors (Lipinski definition) is 3. The van der Waals surface area contributed by atoms with Gasteiger partial charge in [0.05, 0.1) is 0 Å². The first-order valence-electron chi connectivity index (χ1n) is 0.783. The zero-order chi connectivity index (χ0) is 4.50. The zero-order valence-electron chi connectivity index (χ0n) is 3.20. The third kappa shape index (κ3) is 56.9. The van der Waals surface area contributed by atoms with Gasteiger partial charge >= 0.3 is 56.7 Å². The second-order valence-electron chi connectivity index (χ2n) is 0.513. The van der Waals surface area contributed by atoms with E-state index in [0.29, 0.717) is 0 Å². The molecule has 0 atom stereocenters. The average Bonchev–Trinajstić information content (AvgIpc) is 0.722.